The molecule has 0 aliphatic heterocycles. The monoisotopic (exact) mass is 352 g/mol. The lowest BCUT2D eigenvalue weighted by Crippen LogP contribution is -2.18. The van der Waals surface area contributed by atoms with E-state index in [0.29, 0.717) is 19.3 Å². The Balaban J connectivity index is 2.49. The first-order valence-electron chi connectivity index (χ1n) is 9.39. The summed E-state index contributed by atoms with van der Waals surface area (Å²) in [7, 11) is 0. The Morgan fingerprint density at radius 1 is 1.28 bits per heavy atom. The molecule has 0 radical (unpaired) electrons. The summed E-state index contributed by atoms with van der Waals surface area (Å²) in [6, 6.07) is 0. The molecule has 5 heteroatoms. The second-order valence-electron chi connectivity index (χ2n) is 6.86. The number of hydrogen-bond acceptors (Lipinski definition) is 4. The summed E-state index contributed by atoms with van der Waals surface area (Å²) in [6.45, 7) is 2.16. The molecule has 0 amide bonds. The fourth-order valence-electron chi connectivity index (χ4n) is 3.22. The molecule has 0 unspecified atom stereocenters. The van der Waals surface area contributed by atoms with Crippen LogP contribution in [-0.2, 0) is 9.59 Å². The van der Waals surface area contributed by atoms with Crippen LogP contribution >= 0.6 is 0 Å². The average molecular weight is 352 g/mol. The second kappa shape index (κ2) is 12.0. The number of hydrogen-bond donors (Lipinski definition) is 3. The molecule has 0 saturated heterocycles. The lowest BCUT2D eigenvalue weighted by molar-refractivity contribution is -0.137. The third-order valence-corrected chi connectivity index (χ3v) is 4.71. The number of allylic oxidation sites excluding steroid dienone is 2. The van der Waals surface area contributed by atoms with Crippen LogP contribution in [0.3, 0.4) is 0 Å². The molecule has 1 rings (SSSR count). The quantitative estimate of drug-likeness (QED) is 0.370. The van der Waals surface area contributed by atoms with Crippen LogP contribution in [0.25, 0.3) is 0 Å². The van der Waals surface area contributed by atoms with Crippen LogP contribution in [0.4, 0.5) is 0 Å². The van der Waals surface area contributed by atoms with Crippen LogP contribution in [0.5, 0.6) is 0 Å². The minimum atomic E-state index is -0.876. The molecule has 0 aromatic heterocycles. The van der Waals surface area contributed by atoms with Crippen molar-refractivity contribution in [3.63, 3.8) is 0 Å². The van der Waals surface area contributed by atoms with E-state index in [-0.39, 0.29) is 30.5 Å². The predicted octanol–water partition coefficient (Wildman–Crippen LogP) is 3.25. The molecule has 1 saturated carbocycles. The van der Waals surface area contributed by atoms with Gasteiger partial charge in [0.05, 0.1) is 12.2 Å². The lowest BCUT2D eigenvalue weighted by atomic mass is 9.90. The maximum absolute atomic E-state index is 12.1. The Hall–Kier alpha value is -1.46. The first-order valence-corrected chi connectivity index (χ1v) is 9.39. The summed E-state index contributed by atoms with van der Waals surface area (Å²) in [5.74, 6) is -1.32. The summed E-state index contributed by atoms with van der Waals surface area (Å²) in [5, 5.41) is 28.6. The van der Waals surface area contributed by atoms with Gasteiger partial charge in [-0.3, -0.25) is 9.59 Å². The first kappa shape index (κ1) is 21.6. The number of ketones is 1. The Morgan fingerprint density at radius 3 is 2.72 bits per heavy atom. The summed E-state index contributed by atoms with van der Waals surface area (Å²) in [4.78, 5) is 22.6. The van der Waals surface area contributed by atoms with Gasteiger partial charge in [0.15, 0.2) is 0 Å². The lowest BCUT2D eigenvalue weighted by Gasteiger charge is -2.16. The van der Waals surface area contributed by atoms with Gasteiger partial charge in [-0.15, -0.1) is 0 Å². The zero-order chi connectivity index (χ0) is 18.7. The van der Waals surface area contributed by atoms with E-state index in [0.717, 1.165) is 12.8 Å². The molecule has 0 heterocycles. The van der Waals surface area contributed by atoms with Gasteiger partial charge in [0.2, 0.25) is 0 Å². The Labute approximate surface area is 150 Å². The highest BCUT2D eigenvalue weighted by molar-refractivity contribution is 5.84. The highest BCUT2D eigenvalue weighted by Crippen LogP contribution is 2.33. The molecule has 1 aliphatic rings. The van der Waals surface area contributed by atoms with E-state index in [9.17, 15) is 19.8 Å². The van der Waals surface area contributed by atoms with E-state index in [1.54, 1.807) is 12.2 Å². The van der Waals surface area contributed by atoms with Gasteiger partial charge < -0.3 is 15.3 Å². The van der Waals surface area contributed by atoms with Crippen LogP contribution < -0.4 is 0 Å². The van der Waals surface area contributed by atoms with Gasteiger partial charge in [-0.05, 0) is 32.1 Å². The zero-order valence-corrected chi connectivity index (χ0v) is 15.1. The fraction of sp³-hybridized carbons (Fsp3) is 0.700. The maximum Gasteiger partial charge on any atom is 0.303 e. The number of carbonyl (C=O) groups is 2. The minimum absolute atomic E-state index is 0.0287. The molecule has 1 fully saturated rings. The molecular weight excluding hydrogens is 320 g/mol. The number of carbonyl (C=O) groups excluding carboxylic acids is 1. The van der Waals surface area contributed by atoms with Gasteiger partial charge in [-0.2, -0.15) is 0 Å². The number of Topliss-reactive ketones (excluding diaryl/α,β-unsaturated/α-hetero) is 1. The Bertz CT molecular complexity index is 469. The largest absolute Gasteiger partial charge is 0.481 e. The van der Waals surface area contributed by atoms with Gasteiger partial charge in [0.1, 0.15) is 5.78 Å². The molecule has 4 atom stereocenters. The number of carboxylic acids is 1. The van der Waals surface area contributed by atoms with E-state index in [1.807, 2.05) is 6.08 Å². The number of rotatable bonds is 12. The standard InChI is InChI=1S/C20H32O5/c1-2-3-4-5-6-7-10-16-17(19(23)14-18(16)22)13-12-15(21)9-8-11-20(24)25/h6-7,12-13,15-17,19,21,23H,2-5,8-11,14H2,1H3,(H,24,25)/b7-6-,13-12+/t15-,16-,17+,19+/m1/s1. The normalized spacial score (nSPS) is 25.2. The molecule has 0 spiro atoms. The van der Waals surface area contributed by atoms with Crippen molar-refractivity contribution < 1.29 is 24.9 Å². The second-order valence-corrected chi connectivity index (χ2v) is 6.86. The summed E-state index contributed by atoms with van der Waals surface area (Å²) >= 11 is 0. The molecule has 0 aromatic carbocycles. The third kappa shape index (κ3) is 8.45. The van der Waals surface area contributed by atoms with Crippen molar-refractivity contribution in [2.75, 3.05) is 0 Å². The van der Waals surface area contributed by atoms with Crippen molar-refractivity contribution in [3.8, 4) is 0 Å². The van der Waals surface area contributed by atoms with Crippen molar-refractivity contribution in [2.45, 2.75) is 76.9 Å². The molecule has 5 nitrogen and oxygen atoms in total. The molecule has 142 valence electrons. The first-order chi connectivity index (χ1) is 12.0. The van der Waals surface area contributed by atoms with E-state index in [4.69, 9.17) is 5.11 Å². The van der Waals surface area contributed by atoms with Crippen molar-refractivity contribution >= 4 is 11.8 Å². The van der Waals surface area contributed by atoms with Crippen molar-refractivity contribution in [3.05, 3.63) is 24.3 Å². The summed E-state index contributed by atoms with van der Waals surface area (Å²) in [5.41, 5.74) is 0. The molecule has 0 aromatic rings. The molecule has 3 N–H and O–H groups in total. The number of unbranched alkanes of at least 4 members (excludes halogenated alkanes) is 3. The van der Waals surface area contributed by atoms with E-state index < -0.39 is 18.2 Å². The predicted molar refractivity (Wildman–Crippen MR) is 97.1 cm³/mol. The van der Waals surface area contributed by atoms with Crippen molar-refractivity contribution in [2.24, 2.45) is 11.8 Å². The number of carboxylic acid groups (broad SMARTS) is 1. The maximum atomic E-state index is 12.1. The highest BCUT2D eigenvalue weighted by Gasteiger charge is 2.39. The van der Waals surface area contributed by atoms with E-state index in [1.165, 1.54) is 12.8 Å². The zero-order valence-electron chi connectivity index (χ0n) is 15.1. The third-order valence-electron chi connectivity index (χ3n) is 4.71. The number of aliphatic hydroxyl groups excluding tert-OH is 2. The average Bonchev–Trinajstić information content (AvgIpc) is 2.81. The summed E-state index contributed by atoms with van der Waals surface area (Å²) in [6.07, 6.45) is 12.1. The van der Waals surface area contributed by atoms with E-state index >= 15 is 0 Å². The van der Waals surface area contributed by atoms with Crippen LogP contribution in [0.1, 0.15) is 64.7 Å². The number of aliphatic hydroxyl groups is 2. The number of aliphatic carboxylic acids is 1. The van der Waals surface area contributed by atoms with Crippen LogP contribution in [-0.4, -0.2) is 39.3 Å². The minimum Gasteiger partial charge on any atom is -0.481 e. The molecule has 0 bridgehead atoms. The summed E-state index contributed by atoms with van der Waals surface area (Å²) < 4.78 is 0. The van der Waals surface area contributed by atoms with E-state index in [2.05, 4.69) is 13.0 Å². The van der Waals surface area contributed by atoms with Gasteiger partial charge in [-0.1, -0.05) is 44.1 Å². The molecule has 1 aliphatic carbocycles. The van der Waals surface area contributed by atoms with Gasteiger partial charge in [-0.25, -0.2) is 0 Å². The molecular formula is C20H32O5. The smallest absolute Gasteiger partial charge is 0.303 e. The topological polar surface area (TPSA) is 94.8 Å². The van der Waals surface area contributed by atoms with Crippen molar-refractivity contribution in [1.82, 2.24) is 0 Å². The molecule has 25 heavy (non-hydrogen) atoms. The fourth-order valence-corrected chi connectivity index (χ4v) is 3.22. The van der Waals surface area contributed by atoms with Crippen LogP contribution in [0, 0.1) is 11.8 Å². The van der Waals surface area contributed by atoms with Crippen LogP contribution in [0.15, 0.2) is 24.3 Å². The Kier molecular flexibility index (Phi) is 10.3. The van der Waals surface area contributed by atoms with Gasteiger partial charge in [0.25, 0.3) is 0 Å². The Morgan fingerprint density at radius 2 is 2.04 bits per heavy atom. The van der Waals surface area contributed by atoms with Gasteiger partial charge in [0, 0.05) is 24.7 Å². The SMILES string of the molecule is CCCCC/C=C\C[C@H]1C(=O)C[C@H](O)[C@H]1/C=C/[C@H](O)CCCC(=O)O. The van der Waals surface area contributed by atoms with Crippen LogP contribution in [0.2, 0.25) is 0 Å². The van der Waals surface area contributed by atoms with Gasteiger partial charge >= 0.3 is 5.97 Å². The highest BCUT2D eigenvalue weighted by atomic mass is 16.4. The van der Waals surface area contributed by atoms with Crippen molar-refractivity contribution in [1.29, 1.82) is 0 Å².